The van der Waals surface area contributed by atoms with Gasteiger partial charge in [-0.2, -0.15) is 0 Å². The molecule has 3 nitrogen and oxygen atoms in total. The largest absolute Gasteiger partial charge is 0.508 e. The van der Waals surface area contributed by atoms with Gasteiger partial charge < -0.3 is 9.84 Å². The maximum atomic E-state index is 10.8. The summed E-state index contributed by atoms with van der Waals surface area (Å²) in [5.74, 6) is 0.742. The predicted molar refractivity (Wildman–Crippen MR) is 71.9 cm³/mol. The zero-order valence-corrected chi connectivity index (χ0v) is 11.6. The van der Waals surface area contributed by atoms with Crippen LogP contribution >= 0.6 is 0 Å². The van der Waals surface area contributed by atoms with Crippen LogP contribution in [0.1, 0.15) is 50.0 Å². The molecule has 0 saturated heterocycles. The number of rotatable bonds is 6. The number of hydrogen-bond acceptors (Lipinski definition) is 3. The molecule has 0 atom stereocenters. The summed E-state index contributed by atoms with van der Waals surface area (Å²) in [6, 6.07) is 4.81. The van der Waals surface area contributed by atoms with Crippen molar-refractivity contribution in [2.75, 3.05) is 6.61 Å². The molecule has 18 heavy (non-hydrogen) atoms. The average Bonchev–Trinajstić information content (AvgIpc) is 2.28. The van der Waals surface area contributed by atoms with E-state index in [2.05, 4.69) is 13.8 Å². The van der Waals surface area contributed by atoms with Crippen LogP contribution in [0.2, 0.25) is 0 Å². The lowest BCUT2D eigenvalue weighted by molar-refractivity contribution is -0.0275. The molecule has 0 bridgehead atoms. The molecular formula is C15H22O3. The molecule has 3 heteroatoms. The SMILES string of the molecule is CC(C)CCOC(C)(C)c1cc(C=O)ccc1O. The van der Waals surface area contributed by atoms with E-state index in [1.165, 1.54) is 6.07 Å². The first-order chi connectivity index (χ1) is 8.36. The summed E-state index contributed by atoms with van der Waals surface area (Å²) in [5.41, 5.74) is 0.594. The number of carbonyl (C=O) groups excluding carboxylic acids is 1. The Balaban J connectivity index is 2.85. The summed E-state index contributed by atoms with van der Waals surface area (Å²) in [5, 5.41) is 9.88. The molecule has 0 aliphatic rings. The highest BCUT2D eigenvalue weighted by atomic mass is 16.5. The van der Waals surface area contributed by atoms with Crippen LogP contribution in [0.4, 0.5) is 0 Å². The second-order valence-corrected chi connectivity index (χ2v) is 5.44. The first kappa shape index (κ1) is 14.7. The second kappa shape index (κ2) is 6.01. The van der Waals surface area contributed by atoms with Crippen molar-refractivity contribution in [2.45, 2.75) is 39.7 Å². The van der Waals surface area contributed by atoms with Gasteiger partial charge in [-0.3, -0.25) is 4.79 Å². The van der Waals surface area contributed by atoms with E-state index in [9.17, 15) is 9.90 Å². The van der Waals surface area contributed by atoms with Gasteiger partial charge in [0.05, 0.1) is 5.60 Å². The lowest BCUT2D eigenvalue weighted by Crippen LogP contribution is -2.23. The quantitative estimate of drug-likeness (QED) is 0.786. The van der Waals surface area contributed by atoms with Gasteiger partial charge in [0.2, 0.25) is 0 Å². The molecule has 100 valence electrons. The third-order valence-electron chi connectivity index (χ3n) is 2.96. The Morgan fingerprint density at radius 1 is 1.39 bits per heavy atom. The van der Waals surface area contributed by atoms with E-state index in [1.54, 1.807) is 12.1 Å². The van der Waals surface area contributed by atoms with Crippen molar-refractivity contribution < 1.29 is 14.6 Å². The Hall–Kier alpha value is -1.35. The van der Waals surface area contributed by atoms with Gasteiger partial charge in [-0.15, -0.1) is 0 Å². The summed E-state index contributed by atoms with van der Waals surface area (Å²) < 4.78 is 5.83. The van der Waals surface area contributed by atoms with Gasteiger partial charge in [0.25, 0.3) is 0 Å². The molecule has 1 aromatic rings. The van der Waals surface area contributed by atoms with E-state index >= 15 is 0 Å². The number of benzene rings is 1. The Bertz CT molecular complexity index is 408. The van der Waals surface area contributed by atoms with Crippen LogP contribution in [0.5, 0.6) is 5.75 Å². The maximum Gasteiger partial charge on any atom is 0.150 e. The monoisotopic (exact) mass is 250 g/mol. The summed E-state index contributed by atoms with van der Waals surface area (Å²) >= 11 is 0. The Kier molecular flexibility index (Phi) is 4.91. The number of ether oxygens (including phenoxy) is 1. The van der Waals surface area contributed by atoms with Crippen LogP contribution in [0.15, 0.2) is 18.2 Å². The van der Waals surface area contributed by atoms with Gasteiger partial charge in [-0.05, 0) is 44.4 Å². The smallest absolute Gasteiger partial charge is 0.150 e. The zero-order chi connectivity index (χ0) is 13.8. The van der Waals surface area contributed by atoms with Crippen LogP contribution in [0.3, 0.4) is 0 Å². The minimum atomic E-state index is -0.599. The fourth-order valence-corrected chi connectivity index (χ4v) is 1.74. The number of phenols is 1. The van der Waals surface area contributed by atoms with Crippen LogP contribution in [0.25, 0.3) is 0 Å². The number of aldehydes is 1. The van der Waals surface area contributed by atoms with E-state index in [-0.39, 0.29) is 5.75 Å². The molecule has 0 radical (unpaired) electrons. The molecule has 0 heterocycles. The molecule has 0 aromatic heterocycles. The van der Waals surface area contributed by atoms with Gasteiger partial charge in [-0.1, -0.05) is 13.8 Å². The van der Waals surface area contributed by atoms with Gasteiger partial charge in [0, 0.05) is 17.7 Å². The molecular weight excluding hydrogens is 228 g/mol. The first-order valence-electron chi connectivity index (χ1n) is 6.29. The number of hydrogen-bond donors (Lipinski definition) is 1. The van der Waals surface area contributed by atoms with Crippen molar-refractivity contribution in [3.05, 3.63) is 29.3 Å². The molecule has 0 fully saturated rings. The van der Waals surface area contributed by atoms with Gasteiger partial charge in [-0.25, -0.2) is 0 Å². The molecule has 1 rings (SSSR count). The highest BCUT2D eigenvalue weighted by molar-refractivity contribution is 5.75. The topological polar surface area (TPSA) is 46.5 Å². The molecule has 0 saturated carbocycles. The van der Waals surface area contributed by atoms with Crippen molar-refractivity contribution in [3.8, 4) is 5.75 Å². The third kappa shape index (κ3) is 3.84. The van der Waals surface area contributed by atoms with Crippen LogP contribution in [-0.4, -0.2) is 18.0 Å². The molecule has 1 aromatic carbocycles. The van der Waals surface area contributed by atoms with E-state index in [0.717, 1.165) is 12.7 Å². The minimum absolute atomic E-state index is 0.162. The third-order valence-corrected chi connectivity index (χ3v) is 2.96. The van der Waals surface area contributed by atoms with E-state index in [4.69, 9.17) is 4.74 Å². The van der Waals surface area contributed by atoms with Crippen molar-refractivity contribution in [1.82, 2.24) is 0 Å². The summed E-state index contributed by atoms with van der Waals surface area (Å²) in [4.78, 5) is 10.8. The van der Waals surface area contributed by atoms with Crippen LogP contribution in [0, 0.1) is 5.92 Å². The zero-order valence-electron chi connectivity index (χ0n) is 11.6. The summed E-state index contributed by atoms with van der Waals surface area (Å²) in [7, 11) is 0. The van der Waals surface area contributed by atoms with E-state index < -0.39 is 5.60 Å². The summed E-state index contributed by atoms with van der Waals surface area (Å²) in [6.45, 7) is 8.71. The van der Waals surface area contributed by atoms with Crippen LogP contribution < -0.4 is 0 Å². The second-order valence-electron chi connectivity index (χ2n) is 5.44. The maximum absolute atomic E-state index is 10.8. The molecule has 0 aliphatic heterocycles. The Morgan fingerprint density at radius 2 is 2.06 bits per heavy atom. The molecule has 0 aliphatic carbocycles. The number of carbonyl (C=O) groups is 1. The standard InChI is InChI=1S/C15H22O3/c1-11(2)7-8-18-15(3,4)13-9-12(10-16)5-6-14(13)17/h5-6,9-11,17H,7-8H2,1-4H3. The van der Waals surface area contributed by atoms with Gasteiger partial charge in [0.15, 0.2) is 0 Å². The van der Waals surface area contributed by atoms with Crippen molar-refractivity contribution in [2.24, 2.45) is 5.92 Å². The van der Waals surface area contributed by atoms with Gasteiger partial charge >= 0.3 is 0 Å². The van der Waals surface area contributed by atoms with Crippen molar-refractivity contribution >= 4 is 6.29 Å². The molecule has 0 spiro atoms. The lowest BCUT2D eigenvalue weighted by Gasteiger charge is -2.27. The Labute approximate surface area is 109 Å². The average molecular weight is 250 g/mol. The highest BCUT2D eigenvalue weighted by Gasteiger charge is 2.25. The lowest BCUT2D eigenvalue weighted by atomic mass is 9.95. The Morgan fingerprint density at radius 3 is 2.61 bits per heavy atom. The number of phenolic OH excluding ortho intramolecular Hbond substituents is 1. The fraction of sp³-hybridized carbons (Fsp3) is 0.533. The highest BCUT2D eigenvalue weighted by Crippen LogP contribution is 2.32. The van der Waals surface area contributed by atoms with E-state index in [1.807, 2.05) is 13.8 Å². The van der Waals surface area contributed by atoms with Crippen molar-refractivity contribution in [1.29, 1.82) is 0 Å². The fourth-order valence-electron chi connectivity index (χ4n) is 1.74. The van der Waals surface area contributed by atoms with Crippen LogP contribution in [-0.2, 0) is 10.3 Å². The minimum Gasteiger partial charge on any atom is -0.508 e. The van der Waals surface area contributed by atoms with Gasteiger partial charge in [0.1, 0.15) is 12.0 Å². The normalized spacial score (nSPS) is 11.8. The van der Waals surface area contributed by atoms with Crippen molar-refractivity contribution in [3.63, 3.8) is 0 Å². The first-order valence-corrected chi connectivity index (χ1v) is 6.29. The van der Waals surface area contributed by atoms with E-state index in [0.29, 0.717) is 23.7 Å². The predicted octanol–water partition coefficient (Wildman–Crippen LogP) is 3.50. The summed E-state index contributed by atoms with van der Waals surface area (Å²) in [6.07, 6.45) is 1.74. The number of aromatic hydroxyl groups is 1. The molecule has 0 unspecified atom stereocenters. The molecule has 0 amide bonds. The molecule has 1 N–H and O–H groups in total.